The maximum absolute atomic E-state index is 14.1. The molecule has 0 radical (unpaired) electrons. The van der Waals surface area contributed by atoms with Crippen molar-refractivity contribution in [2.75, 3.05) is 19.0 Å². The van der Waals surface area contributed by atoms with Crippen LogP contribution in [-0.4, -0.2) is 54.0 Å². The number of nitrogens with one attached hydrogen (secondary N) is 2. The van der Waals surface area contributed by atoms with Crippen molar-refractivity contribution in [2.45, 2.75) is 78.5 Å². The Balaban J connectivity index is 2.52. The lowest BCUT2D eigenvalue weighted by Gasteiger charge is -2.34. The summed E-state index contributed by atoms with van der Waals surface area (Å²) >= 11 is 0. The van der Waals surface area contributed by atoms with Crippen LogP contribution in [0.2, 0.25) is 0 Å². The summed E-state index contributed by atoms with van der Waals surface area (Å²) in [6.45, 7) is 11.1. The molecule has 0 aliphatic rings. The van der Waals surface area contributed by atoms with Crippen LogP contribution >= 0.6 is 0 Å². The van der Waals surface area contributed by atoms with E-state index in [1.165, 1.54) is 4.90 Å². The fourth-order valence-electron chi connectivity index (χ4n) is 4.09. The van der Waals surface area contributed by atoms with Gasteiger partial charge in [0.15, 0.2) is 0 Å². The first-order valence-corrected chi connectivity index (χ1v) is 13.4. The van der Waals surface area contributed by atoms with Gasteiger partial charge in [-0.1, -0.05) is 25.1 Å². The Hall–Kier alpha value is -4.08. The van der Waals surface area contributed by atoms with Crippen LogP contribution < -0.4 is 21.1 Å². The van der Waals surface area contributed by atoms with E-state index < -0.39 is 41.5 Å². The zero-order valence-electron chi connectivity index (χ0n) is 24.5. The third-order valence-corrected chi connectivity index (χ3v) is 6.18. The Morgan fingerprint density at radius 2 is 1.65 bits per heavy atom. The molecule has 0 spiro atoms. The molecule has 0 saturated heterocycles. The SMILES string of the molecule is CCCN(C(=O)C(CCC(N)=O)NC(=O)OC(C)(C)C)C(C(=O)Nc1ccc(OC)cc1)c1ccc(C)c(C)c1. The summed E-state index contributed by atoms with van der Waals surface area (Å²) in [5, 5.41) is 5.50. The van der Waals surface area contributed by atoms with Gasteiger partial charge in [-0.3, -0.25) is 14.4 Å². The monoisotopic (exact) mass is 554 g/mol. The second-order valence-electron chi connectivity index (χ2n) is 10.7. The van der Waals surface area contributed by atoms with Gasteiger partial charge < -0.3 is 30.7 Å². The van der Waals surface area contributed by atoms with E-state index in [1.54, 1.807) is 52.1 Å². The van der Waals surface area contributed by atoms with Gasteiger partial charge in [-0.05, 0) is 88.4 Å². The van der Waals surface area contributed by atoms with Gasteiger partial charge in [0.1, 0.15) is 23.4 Å². The smallest absolute Gasteiger partial charge is 0.408 e. The summed E-state index contributed by atoms with van der Waals surface area (Å²) in [4.78, 5) is 53.6. The highest BCUT2D eigenvalue weighted by molar-refractivity contribution is 5.99. The van der Waals surface area contributed by atoms with E-state index in [0.29, 0.717) is 23.4 Å². The number of nitrogens with zero attached hydrogens (tertiary/aromatic N) is 1. The number of nitrogens with two attached hydrogens (primary N) is 1. The van der Waals surface area contributed by atoms with Gasteiger partial charge in [-0.15, -0.1) is 0 Å². The topological polar surface area (TPSA) is 140 Å². The van der Waals surface area contributed by atoms with Crippen molar-refractivity contribution in [3.05, 3.63) is 59.2 Å². The number of benzene rings is 2. The lowest BCUT2D eigenvalue weighted by molar-refractivity contribution is -0.141. The van der Waals surface area contributed by atoms with E-state index in [1.807, 2.05) is 39.0 Å². The highest BCUT2D eigenvalue weighted by Gasteiger charge is 2.36. The number of alkyl carbamates (subject to hydrolysis) is 1. The lowest BCUT2D eigenvalue weighted by atomic mass is 9.97. The third kappa shape index (κ3) is 9.59. The quantitative estimate of drug-likeness (QED) is 0.356. The van der Waals surface area contributed by atoms with Crippen molar-refractivity contribution in [1.29, 1.82) is 0 Å². The van der Waals surface area contributed by atoms with Crippen molar-refractivity contribution in [2.24, 2.45) is 5.73 Å². The first-order valence-electron chi connectivity index (χ1n) is 13.4. The van der Waals surface area contributed by atoms with Crippen LogP contribution in [0, 0.1) is 13.8 Å². The van der Waals surface area contributed by atoms with Gasteiger partial charge >= 0.3 is 6.09 Å². The molecule has 0 aliphatic heterocycles. The van der Waals surface area contributed by atoms with Gasteiger partial charge in [0.2, 0.25) is 11.8 Å². The molecule has 2 unspecified atom stereocenters. The number of hydrogen-bond donors (Lipinski definition) is 3. The van der Waals surface area contributed by atoms with Crippen molar-refractivity contribution in [3.8, 4) is 5.75 Å². The molecule has 4 N–H and O–H groups in total. The molecule has 2 aromatic carbocycles. The molecule has 0 aliphatic carbocycles. The molecular formula is C30H42N4O6. The second-order valence-corrected chi connectivity index (χ2v) is 10.7. The first-order chi connectivity index (χ1) is 18.7. The summed E-state index contributed by atoms with van der Waals surface area (Å²) < 4.78 is 10.6. The standard InChI is InChI=1S/C30H42N4O6/c1-8-17-34(28(37)24(15-16-25(31)35)33-29(38)40-30(4,5)6)26(21-10-9-19(2)20(3)18-21)27(36)32-22-11-13-23(39-7)14-12-22/h9-14,18,24,26H,8,15-17H2,1-7H3,(H2,31,35)(H,32,36)(H,33,38). The molecule has 40 heavy (non-hydrogen) atoms. The molecule has 0 aromatic heterocycles. The van der Waals surface area contributed by atoms with Crippen molar-refractivity contribution >= 4 is 29.5 Å². The molecule has 0 bridgehead atoms. The fourth-order valence-corrected chi connectivity index (χ4v) is 4.09. The van der Waals surface area contributed by atoms with Gasteiger partial charge in [0.25, 0.3) is 5.91 Å². The Kier molecular flexibility index (Phi) is 11.5. The molecule has 2 aromatic rings. The van der Waals surface area contributed by atoms with E-state index in [9.17, 15) is 19.2 Å². The van der Waals surface area contributed by atoms with E-state index >= 15 is 0 Å². The summed E-state index contributed by atoms with van der Waals surface area (Å²) in [6, 6.07) is 10.3. The highest BCUT2D eigenvalue weighted by Crippen LogP contribution is 2.27. The predicted octanol–water partition coefficient (Wildman–Crippen LogP) is 4.39. The van der Waals surface area contributed by atoms with Crippen molar-refractivity contribution in [1.82, 2.24) is 10.2 Å². The minimum absolute atomic E-state index is 0.0482. The van der Waals surface area contributed by atoms with E-state index in [4.69, 9.17) is 15.2 Å². The normalized spacial score (nSPS) is 12.6. The number of carbonyl (C=O) groups excluding carboxylic acids is 4. The van der Waals surface area contributed by atoms with Gasteiger partial charge in [0.05, 0.1) is 7.11 Å². The fraction of sp³-hybridized carbons (Fsp3) is 0.467. The van der Waals surface area contributed by atoms with E-state index in [2.05, 4.69) is 10.6 Å². The highest BCUT2D eigenvalue weighted by atomic mass is 16.6. The number of rotatable bonds is 12. The molecule has 2 atom stereocenters. The Morgan fingerprint density at radius 1 is 1.00 bits per heavy atom. The van der Waals surface area contributed by atoms with Crippen LogP contribution in [0.5, 0.6) is 5.75 Å². The van der Waals surface area contributed by atoms with Crippen LogP contribution in [0.25, 0.3) is 0 Å². The molecule has 0 heterocycles. The van der Waals surface area contributed by atoms with E-state index in [0.717, 1.165) is 11.1 Å². The summed E-state index contributed by atoms with van der Waals surface area (Å²) in [6.07, 6.45) is -0.457. The molecule has 0 fully saturated rings. The number of amides is 4. The minimum atomic E-state index is -1.14. The molecule has 218 valence electrons. The summed E-state index contributed by atoms with van der Waals surface area (Å²) in [5.41, 5.74) is 7.70. The second kappa shape index (κ2) is 14.3. The molecular weight excluding hydrogens is 512 g/mol. The maximum atomic E-state index is 14.1. The zero-order valence-corrected chi connectivity index (χ0v) is 24.5. The molecule has 4 amide bonds. The summed E-state index contributed by atoms with van der Waals surface area (Å²) in [5.74, 6) is -0.936. The largest absolute Gasteiger partial charge is 0.497 e. The summed E-state index contributed by atoms with van der Waals surface area (Å²) in [7, 11) is 1.55. The number of methoxy groups -OCH3 is 1. The maximum Gasteiger partial charge on any atom is 0.408 e. The molecule has 10 nitrogen and oxygen atoms in total. The van der Waals surface area contributed by atoms with Crippen molar-refractivity contribution in [3.63, 3.8) is 0 Å². The number of primary amides is 1. The third-order valence-electron chi connectivity index (χ3n) is 6.18. The Morgan fingerprint density at radius 3 is 2.17 bits per heavy atom. The van der Waals surface area contributed by atoms with Crippen LogP contribution in [0.1, 0.15) is 69.7 Å². The average Bonchev–Trinajstić information content (AvgIpc) is 2.87. The molecule has 10 heteroatoms. The van der Waals surface area contributed by atoms with Crippen molar-refractivity contribution < 1.29 is 28.7 Å². The lowest BCUT2D eigenvalue weighted by Crippen LogP contribution is -2.52. The number of aryl methyl sites for hydroxylation is 2. The first kappa shape index (κ1) is 32.1. The average molecular weight is 555 g/mol. The van der Waals surface area contributed by atoms with Crippen LogP contribution in [0.3, 0.4) is 0 Å². The number of hydrogen-bond acceptors (Lipinski definition) is 6. The van der Waals surface area contributed by atoms with E-state index in [-0.39, 0.29) is 19.4 Å². The number of anilines is 1. The van der Waals surface area contributed by atoms with Gasteiger partial charge in [-0.2, -0.15) is 0 Å². The van der Waals surface area contributed by atoms with Gasteiger partial charge in [0, 0.05) is 18.7 Å². The van der Waals surface area contributed by atoms with Crippen LogP contribution in [-0.2, 0) is 19.1 Å². The van der Waals surface area contributed by atoms with Crippen LogP contribution in [0.15, 0.2) is 42.5 Å². The Bertz CT molecular complexity index is 1190. The zero-order chi connectivity index (χ0) is 30.0. The number of carbonyl (C=O) groups is 4. The predicted molar refractivity (Wildman–Crippen MR) is 154 cm³/mol. The number of ether oxygens (including phenoxy) is 2. The van der Waals surface area contributed by atoms with Gasteiger partial charge in [-0.25, -0.2) is 4.79 Å². The molecule has 0 saturated carbocycles. The molecule has 2 rings (SSSR count). The Labute approximate surface area is 236 Å². The minimum Gasteiger partial charge on any atom is -0.497 e. The van der Waals surface area contributed by atoms with Crippen LogP contribution in [0.4, 0.5) is 10.5 Å².